The minimum atomic E-state index is -0.0725. The van der Waals surface area contributed by atoms with Crippen molar-refractivity contribution in [1.82, 2.24) is 0 Å². The van der Waals surface area contributed by atoms with Crippen molar-refractivity contribution >= 4 is 17.4 Å². The van der Waals surface area contributed by atoms with E-state index in [1.807, 2.05) is 20.8 Å². The first-order chi connectivity index (χ1) is 9.43. The van der Waals surface area contributed by atoms with Crippen LogP contribution >= 0.6 is 0 Å². The van der Waals surface area contributed by atoms with E-state index >= 15 is 0 Å². The van der Waals surface area contributed by atoms with Crippen molar-refractivity contribution in [2.24, 2.45) is 22.7 Å². The van der Waals surface area contributed by atoms with Crippen LogP contribution in [0.5, 0.6) is 5.75 Å². The molecule has 1 rings (SSSR count). The van der Waals surface area contributed by atoms with Gasteiger partial charge >= 0.3 is 0 Å². The number of nitrogens with two attached hydrogens (primary N) is 1. The molecule has 0 aromatic heterocycles. The lowest BCUT2D eigenvalue weighted by Gasteiger charge is -2.15. The Morgan fingerprint density at radius 1 is 1.45 bits per heavy atom. The quantitative estimate of drug-likeness (QED) is 0.321. The Hall–Kier alpha value is -2.24. The van der Waals surface area contributed by atoms with Gasteiger partial charge in [-0.25, -0.2) is 0 Å². The molecule has 0 fully saturated rings. The Balaban J connectivity index is 2.66. The van der Waals surface area contributed by atoms with Crippen molar-refractivity contribution in [1.29, 1.82) is 0 Å². The van der Waals surface area contributed by atoms with Gasteiger partial charge in [-0.05, 0) is 18.1 Å². The molecular formula is C14H21N3O3. The second-order valence-electron chi connectivity index (χ2n) is 4.93. The molecule has 1 unspecified atom stereocenters. The molecule has 0 saturated carbocycles. The Labute approximate surface area is 118 Å². The van der Waals surface area contributed by atoms with Gasteiger partial charge in [0, 0.05) is 17.7 Å². The smallest absolute Gasteiger partial charge is 0.227 e. The maximum absolute atomic E-state index is 12.0. The number of hydrogen-bond donors (Lipinski definition) is 3. The Morgan fingerprint density at radius 2 is 2.15 bits per heavy atom. The third kappa shape index (κ3) is 4.79. The third-order valence-electron chi connectivity index (χ3n) is 3.03. The Bertz CT molecular complexity index is 486. The van der Waals surface area contributed by atoms with E-state index in [9.17, 15) is 4.79 Å². The van der Waals surface area contributed by atoms with Gasteiger partial charge < -0.3 is 21.0 Å². The number of amides is 1. The molecule has 1 aromatic carbocycles. The van der Waals surface area contributed by atoms with Crippen LogP contribution in [-0.4, -0.2) is 23.6 Å². The number of amidine groups is 1. The fourth-order valence-electron chi connectivity index (χ4n) is 1.41. The summed E-state index contributed by atoms with van der Waals surface area (Å²) in [4.78, 5) is 12.0. The highest BCUT2D eigenvalue weighted by molar-refractivity contribution is 5.92. The molecule has 1 atom stereocenters. The standard InChI is InChI=1S/C14H21N3O3/c1-9(2)10(3)14(18)16-11-5-4-6-12(7-11)20-8-13(15)17-19/h4-7,9-10,19H,8H2,1-3H3,(H2,15,17)(H,16,18). The summed E-state index contributed by atoms with van der Waals surface area (Å²) < 4.78 is 5.32. The van der Waals surface area contributed by atoms with Gasteiger partial charge in [0.1, 0.15) is 12.4 Å². The number of nitrogens with zero attached hydrogens (tertiary/aromatic N) is 1. The zero-order valence-electron chi connectivity index (χ0n) is 12.0. The average Bonchev–Trinajstić information content (AvgIpc) is 2.44. The van der Waals surface area contributed by atoms with E-state index in [0.717, 1.165) is 0 Å². The number of carbonyl (C=O) groups excluding carboxylic acids is 1. The van der Waals surface area contributed by atoms with Crippen LogP contribution < -0.4 is 15.8 Å². The normalized spacial score (nSPS) is 13.1. The lowest BCUT2D eigenvalue weighted by atomic mass is 9.97. The largest absolute Gasteiger partial charge is 0.485 e. The number of oxime groups is 1. The maximum atomic E-state index is 12.0. The predicted octanol–water partition coefficient (Wildman–Crippen LogP) is 2.04. The number of hydrogen-bond acceptors (Lipinski definition) is 4. The van der Waals surface area contributed by atoms with Gasteiger partial charge in [0.25, 0.3) is 0 Å². The molecule has 0 radical (unpaired) electrons. The van der Waals surface area contributed by atoms with Crippen molar-refractivity contribution < 1.29 is 14.7 Å². The van der Waals surface area contributed by atoms with Gasteiger partial charge in [-0.2, -0.15) is 0 Å². The van der Waals surface area contributed by atoms with Crippen molar-refractivity contribution in [3.05, 3.63) is 24.3 Å². The average molecular weight is 279 g/mol. The van der Waals surface area contributed by atoms with Gasteiger partial charge in [-0.15, -0.1) is 0 Å². The number of ether oxygens (including phenoxy) is 1. The van der Waals surface area contributed by atoms with E-state index in [-0.39, 0.29) is 30.2 Å². The fourth-order valence-corrected chi connectivity index (χ4v) is 1.41. The van der Waals surface area contributed by atoms with Crippen LogP contribution in [0.4, 0.5) is 5.69 Å². The molecule has 0 saturated heterocycles. The summed E-state index contributed by atoms with van der Waals surface area (Å²) in [5.41, 5.74) is 5.97. The summed E-state index contributed by atoms with van der Waals surface area (Å²) in [6.07, 6.45) is 0. The van der Waals surface area contributed by atoms with E-state index in [0.29, 0.717) is 11.4 Å². The van der Waals surface area contributed by atoms with Crippen LogP contribution in [-0.2, 0) is 4.79 Å². The van der Waals surface area contributed by atoms with Crippen LogP contribution in [0.1, 0.15) is 20.8 Å². The van der Waals surface area contributed by atoms with Crippen LogP contribution in [0.25, 0.3) is 0 Å². The van der Waals surface area contributed by atoms with Gasteiger partial charge in [0.05, 0.1) is 0 Å². The minimum absolute atomic E-state index is 0.0176. The van der Waals surface area contributed by atoms with E-state index in [2.05, 4.69) is 10.5 Å². The molecule has 6 nitrogen and oxygen atoms in total. The first-order valence-electron chi connectivity index (χ1n) is 6.44. The third-order valence-corrected chi connectivity index (χ3v) is 3.03. The van der Waals surface area contributed by atoms with E-state index in [1.165, 1.54) is 0 Å². The van der Waals surface area contributed by atoms with E-state index < -0.39 is 0 Å². The van der Waals surface area contributed by atoms with Crippen molar-refractivity contribution in [3.8, 4) is 5.75 Å². The highest BCUT2D eigenvalue weighted by Crippen LogP contribution is 2.19. The van der Waals surface area contributed by atoms with Gasteiger partial charge in [0.2, 0.25) is 5.91 Å². The molecule has 0 aliphatic rings. The fraction of sp³-hybridized carbons (Fsp3) is 0.429. The van der Waals surface area contributed by atoms with Gasteiger partial charge in [-0.3, -0.25) is 4.79 Å². The van der Waals surface area contributed by atoms with Gasteiger partial charge in [0.15, 0.2) is 5.84 Å². The van der Waals surface area contributed by atoms with E-state index in [1.54, 1.807) is 24.3 Å². The van der Waals surface area contributed by atoms with Crippen LogP contribution in [0, 0.1) is 11.8 Å². The highest BCUT2D eigenvalue weighted by Gasteiger charge is 2.16. The summed E-state index contributed by atoms with van der Waals surface area (Å²) in [6.45, 7) is 5.87. The second-order valence-corrected chi connectivity index (χ2v) is 4.93. The number of benzene rings is 1. The van der Waals surface area contributed by atoms with Crippen molar-refractivity contribution in [2.45, 2.75) is 20.8 Å². The molecule has 0 aliphatic carbocycles. The molecule has 4 N–H and O–H groups in total. The highest BCUT2D eigenvalue weighted by atomic mass is 16.5. The topological polar surface area (TPSA) is 96.9 Å². The molecule has 1 amide bonds. The molecule has 0 aliphatic heterocycles. The molecule has 20 heavy (non-hydrogen) atoms. The zero-order chi connectivity index (χ0) is 15.1. The number of carbonyl (C=O) groups is 1. The minimum Gasteiger partial charge on any atom is -0.485 e. The monoisotopic (exact) mass is 279 g/mol. The molecular weight excluding hydrogens is 258 g/mol. The van der Waals surface area contributed by atoms with Crippen LogP contribution in [0.3, 0.4) is 0 Å². The van der Waals surface area contributed by atoms with E-state index in [4.69, 9.17) is 15.7 Å². The number of anilines is 1. The Kier molecular flexibility index (Phi) is 5.83. The van der Waals surface area contributed by atoms with Crippen molar-refractivity contribution in [3.63, 3.8) is 0 Å². The first kappa shape index (κ1) is 15.8. The number of nitrogens with one attached hydrogen (secondary N) is 1. The second kappa shape index (κ2) is 7.37. The van der Waals surface area contributed by atoms with Crippen molar-refractivity contribution in [2.75, 3.05) is 11.9 Å². The van der Waals surface area contributed by atoms with Crippen LogP contribution in [0.2, 0.25) is 0 Å². The summed E-state index contributed by atoms with van der Waals surface area (Å²) >= 11 is 0. The molecule has 0 bridgehead atoms. The lowest BCUT2D eigenvalue weighted by Crippen LogP contribution is -2.24. The molecule has 0 heterocycles. The van der Waals surface area contributed by atoms with Gasteiger partial charge in [-0.1, -0.05) is 32.0 Å². The molecule has 0 spiro atoms. The SMILES string of the molecule is CC(C)C(C)C(=O)Nc1cccc(OCC(N)=NO)c1. The zero-order valence-corrected chi connectivity index (χ0v) is 12.0. The summed E-state index contributed by atoms with van der Waals surface area (Å²) in [7, 11) is 0. The summed E-state index contributed by atoms with van der Waals surface area (Å²) in [5, 5.41) is 14.1. The summed E-state index contributed by atoms with van der Waals surface area (Å²) in [5.74, 6) is 0.680. The first-order valence-corrected chi connectivity index (χ1v) is 6.44. The number of rotatable bonds is 6. The molecule has 110 valence electrons. The molecule has 6 heteroatoms. The van der Waals surface area contributed by atoms with Crippen LogP contribution in [0.15, 0.2) is 29.4 Å². The predicted molar refractivity (Wildman–Crippen MR) is 78.0 cm³/mol. The Morgan fingerprint density at radius 3 is 2.75 bits per heavy atom. The summed E-state index contributed by atoms with van der Waals surface area (Å²) in [6, 6.07) is 6.96. The lowest BCUT2D eigenvalue weighted by molar-refractivity contribution is -0.120. The molecule has 1 aromatic rings. The maximum Gasteiger partial charge on any atom is 0.227 e.